The van der Waals surface area contributed by atoms with Crippen molar-refractivity contribution in [3.05, 3.63) is 47.2 Å². The highest BCUT2D eigenvalue weighted by Gasteiger charge is 2.26. The Hall–Kier alpha value is -1.81. The zero-order chi connectivity index (χ0) is 19.9. The molecule has 2 aromatic rings. The maximum absolute atomic E-state index is 5.63. The molecular formula is C21H32IN5O2. The minimum absolute atomic E-state index is 0. The smallest absolute Gasteiger partial charge is 0.214 e. The second-order valence-corrected chi connectivity index (χ2v) is 7.06. The topological polar surface area (TPSA) is 74.9 Å². The summed E-state index contributed by atoms with van der Waals surface area (Å²) in [6.45, 7) is 7.31. The Morgan fingerprint density at radius 3 is 2.59 bits per heavy atom. The number of aromatic nitrogens is 1. The van der Waals surface area contributed by atoms with Crippen LogP contribution in [0.25, 0.3) is 0 Å². The number of methoxy groups -OCH3 is 1. The maximum Gasteiger partial charge on any atom is 0.214 e. The van der Waals surface area contributed by atoms with Crippen molar-refractivity contribution in [3.8, 4) is 5.75 Å². The van der Waals surface area contributed by atoms with Crippen LogP contribution in [-0.2, 0) is 6.54 Å². The molecule has 8 heteroatoms. The van der Waals surface area contributed by atoms with E-state index in [0.29, 0.717) is 12.4 Å². The number of rotatable bonds is 7. The third-order valence-corrected chi connectivity index (χ3v) is 5.25. The molecule has 0 spiro atoms. The predicted octanol–water partition coefficient (Wildman–Crippen LogP) is 3.42. The van der Waals surface area contributed by atoms with E-state index in [4.69, 9.17) is 9.15 Å². The minimum atomic E-state index is 0. The van der Waals surface area contributed by atoms with Gasteiger partial charge < -0.3 is 19.8 Å². The van der Waals surface area contributed by atoms with Crippen molar-refractivity contribution >= 4 is 29.9 Å². The normalized spacial score (nSPS) is 15.7. The van der Waals surface area contributed by atoms with Crippen LogP contribution in [0.15, 0.2) is 33.7 Å². The molecule has 1 aromatic heterocycles. The average molecular weight is 513 g/mol. The highest BCUT2D eigenvalue weighted by Crippen LogP contribution is 2.31. The Morgan fingerprint density at radius 1 is 1.24 bits per heavy atom. The van der Waals surface area contributed by atoms with Crippen molar-refractivity contribution in [2.45, 2.75) is 39.3 Å². The molecule has 1 fully saturated rings. The van der Waals surface area contributed by atoms with Crippen LogP contribution in [0.2, 0.25) is 0 Å². The molecular weight excluding hydrogens is 481 g/mol. The number of ether oxygens (including phenoxy) is 1. The van der Waals surface area contributed by atoms with Gasteiger partial charge in [-0.1, -0.05) is 18.2 Å². The van der Waals surface area contributed by atoms with Gasteiger partial charge in [0.25, 0.3) is 0 Å². The van der Waals surface area contributed by atoms with Gasteiger partial charge in [-0.05, 0) is 45.8 Å². The highest BCUT2D eigenvalue weighted by molar-refractivity contribution is 14.0. The quantitative estimate of drug-likeness (QED) is 0.336. The van der Waals surface area contributed by atoms with E-state index in [1.807, 2.05) is 26.0 Å². The molecule has 29 heavy (non-hydrogen) atoms. The van der Waals surface area contributed by atoms with E-state index in [1.165, 1.54) is 18.4 Å². The predicted molar refractivity (Wildman–Crippen MR) is 126 cm³/mol. The van der Waals surface area contributed by atoms with Gasteiger partial charge in [0.1, 0.15) is 11.5 Å². The number of benzene rings is 1. The number of halogens is 1. The number of para-hydroxylation sites is 1. The fourth-order valence-corrected chi connectivity index (χ4v) is 3.62. The van der Waals surface area contributed by atoms with Gasteiger partial charge in [0.05, 0.1) is 25.4 Å². The molecule has 0 bridgehead atoms. The van der Waals surface area contributed by atoms with Gasteiger partial charge in [-0.25, -0.2) is 4.98 Å². The van der Waals surface area contributed by atoms with Crippen molar-refractivity contribution in [1.29, 1.82) is 0 Å². The molecule has 2 heterocycles. The monoisotopic (exact) mass is 513 g/mol. The molecule has 1 aliphatic heterocycles. The summed E-state index contributed by atoms with van der Waals surface area (Å²) in [5.74, 6) is 3.17. The molecule has 160 valence electrons. The molecule has 1 unspecified atom stereocenters. The molecule has 1 saturated heterocycles. The number of nitrogens with one attached hydrogen (secondary N) is 2. The Kier molecular flexibility index (Phi) is 9.22. The SMILES string of the molecule is CN=C(NCc1nc(C)c(C)o1)NCC(c1ccccc1OC)N1CCCC1.I. The first-order valence-electron chi connectivity index (χ1n) is 9.86. The molecule has 1 aromatic carbocycles. The third-order valence-electron chi connectivity index (χ3n) is 5.25. The van der Waals surface area contributed by atoms with Crippen molar-refractivity contribution in [2.75, 3.05) is 33.8 Å². The van der Waals surface area contributed by atoms with Crippen LogP contribution >= 0.6 is 24.0 Å². The molecule has 0 saturated carbocycles. The summed E-state index contributed by atoms with van der Waals surface area (Å²) in [6.07, 6.45) is 2.48. The highest BCUT2D eigenvalue weighted by atomic mass is 127. The summed E-state index contributed by atoms with van der Waals surface area (Å²) >= 11 is 0. The lowest BCUT2D eigenvalue weighted by Gasteiger charge is -2.29. The van der Waals surface area contributed by atoms with Crippen molar-refractivity contribution in [3.63, 3.8) is 0 Å². The van der Waals surface area contributed by atoms with Crippen LogP contribution in [0.1, 0.15) is 41.8 Å². The molecule has 7 nitrogen and oxygen atoms in total. The van der Waals surface area contributed by atoms with Gasteiger partial charge in [-0.2, -0.15) is 0 Å². The number of oxazole rings is 1. The van der Waals surface area contributed by atoms with Crippen LogP contribution in [0.3, 0.4) is 0 Å². The van der Waals surface area contributed by atoms with E-state index in [9.17, 15) is 0 Å². The summed E-state index contributed by atoms with van der Waals surface area (Å²) in [5.41, 5.74) is 2.12. The van der Waals surface area contributed by atoms with Crippen LogP contribution in [-0.4, -0.2) is 49.6 Å². The lowest BCUT2D eigenvalue weighted by molar-refractivity contribution is 0.239. The number of aryl methyl sites for hydroxylation is 2. The van der Waals surface area contributed by atoms with E-state index < -0.39 is 0 Å². The van der Waals surface area contributed by atoms with Crippen LogP contribution < -0.4 is 15.4 Å². The molecule has 1 atom stereocenters. The minimum Gasteiger partial charge on any atom is -0.496 e. The maximum atomic E-state index is 5.63. The second kappa shape index (κ2) is 11.4. The molecule has 0 amide bonds. The first kappa shape index (κ1) is 23.5. The number of hydrogen-bond acceptors (Lipinski definition) is 5. The number of nitrogens with zero attached hydrogens (tertiary/aromatic N) is 3. The van der Waals surface area contributed by atoms with Gasteiger partial charge in [-0.3, -0.25) is 9.89 Å². The standard InChI is InChI=1S/C21H31N5O2.HI/c1-15-16(2)28-20(25-15)14-24-21(22-3)23-13-18(26-11-7-8-12-26)17-9-5-6-10-19(17)27-4;/h5-6,9-10,18H,7-8,11-14H2,1-4H3,(H2,22,23,24);1H. The number of guanidine groups is 1. The Morgan fingerprint density at radius 2 is 1.97 bits per heavy atom. The second-order valence-electron chi connectivity index (χ2n) is 7.06. The molecule has 0 aliphatic carbocycles. The van der Waals surface area contributed by atoms with E-state index in [-0.39, 0.29) is 30.0 Å². The van der Waals surface area contributed by atoms with Gasteiger partial charge in [-0.15, -0.1) is 24.0 Å². The molecule has 2 N–H and O–H groups in total. The summed E-state index contributed by atoms with van der Waals surface area (Å²) in [6, 6.07) is 8.48. The molecule has 1 aliphatic rings. The van der Waals surface area contributed by atoms with E-state index >= 15 is 0 Å². The third kappa shape index (κ3) is 6.08. The Labute approximate surface area is 190 Å². The first-order valence-corrected chi connectivity index (χ1v) is 9.86. The number of hydrogen-bond donors (Lipinski definition) is 2. The average Bonchev–Trinajstić information content (AvgIpc) is 3.35. The van der Waals surface area contributed by atoms with Gasteiger partial charge in [0.15, 0.2) is 5.96 Å². The van der Waals surface area contributed by atoms with Crippen LogP contribution in [0.4, 0.5) is 0 Å². The zero-order valence-corrected chi connectivity index (χ0v) is 20.0. The molecule has 0 radical (unpaired) electrons. The summed E-state index contributed by atoms with van der Waals surface area (Å²) in [4.78, 5) is 11.3. The Balaban J connectivity index is 0.00000300. The van der Waals surface area contributed by atoms with Crippen LogP contribution in [0.5, 0.6) is 5.75 Å². The van der Waals surface area contributed by atoms with E-state index in [1.54, 1.807) is 14.2 Å². The number of aliphatic imine (C=N–C) groups is 1. The van der Waals surface area contributed by atoms with Gasteiger partial charge in [0.2, 0.25) is 5.89 Å². The number of likely N-dealkylation sites (tertiary alicyclic amines) is 1. The largest absolute Gasteiger partial charge is 0.496 e. The van der Waals surface area contributed by atoms with Gasteiger partial charge in [0, 0.05) is 19.2 Å². The van der Waals surface area contributed by atoms with Crippen molar-refractivity contribution in [2.24, 2.45) is 4.99 Å². The van der Waals surface area contributed by atoms with Gasteiger partial charge >= 0.3 is 0 Å². The van der Waals surface area contributed by atoms with Crippen molar-refractivity contribution in [1.82, 2.24) is 20.5 Å². The first-order chi connectivity index (χ1) is 13.6. The van der Waals surface area contributed by atoms with E-state index in [0.717, 1.165) is 42.8 Å². The zero-order valence-electron chi connectivity index (χ0n) is 17.7. The Bertz CT molecular complexity index is 783. The van der Waals surface area contributed by atoms with E-state index in [2.05, 4.69) is 37.6 Å². The van der Waals surface area contributed by atoms with Crippen molar-refractivity contribution < 1.29 is 9.15 Å². The fraction of sp³-hybridized carbons (Fsp3) is 0.524. The summed E-state index contributed by atoms with van der Waals surface area (Å²) in [7, 11) is 3.50. The fourth-order valence-electron chi connectivity index (χ4n) is 3.62. The summed E-state index contributed by atoms with van der Waals surface area (Å²) in [5, 5.41) is 6.75. The lowest BCUT2D eigenvalue weighted by atomic mass is 10.0. The summed E-state index contributed by atoms with van der Waals surface area (Å²) < 4.78 is 11.3. The van der Waals surface area contributed by atoms with Crippen LogP contribution in [0, 0.1) is 13.8 Å². The molecule has 3 rings (SSSR count). The lowest BCUT2D eigenvalue weighted by Crippen LogP contribution is -2.42.